The number of carbonyl (C=O) groups excluding carboxylic acids is 2. The molecule has 2 heterocycles. The van der Waals surface area contributed by atoms with Gasteiger partial charge in [-0.15, -0.1) is 5.10 Å². The molecule has 0 aromatic carbocycles. The molecule has 1 aromatic heterocycles. The van der Waals surface area contributed by atoms with Gasteiger partial charge in [0.2, 0.25) is 11.8 Å². The summed E-state index contributed by atoms with van der Waals surface area (Å²) in [4.78, 5) is 26.4. The zero-order valence-electron chi connectivity index (χ0n) is 37.4. The number of hydrogen-bond acceptors (Lipinski definition) is 17. The van der Waals surface area contributed by atoms with Crippen LogP contribution in [0.4, 0.5) is 0 Å². The van der Waals surface area contributed by atoms with E-state index in [1.165, 1.54) is 4.90 Å². The lowest BCUT2D eigenvalue weighted by Crippen LogP contribution is -2.33. The quantitative estimate of drug-likeness (QED) is 0.0688. The maximum Gasteiger partial charge on any atom is 0.233 e. The Morgan fingerprint density at radius 3 is 1.12 bits per heavy atom. The fourth-order valence-corrected chi connectivity index (χ4v) is 5.29. The minimum atomic E-state index is -0.307. The first-order valence-electron chi connectivity index (χ1n) is 21.3. The molecule has 0 bridgehead atoms. The molecule has 19 nitrogen and oxygen atoms in total. The normalized spacial score (nSPS) is 15.0. The largest absolute Gasteiger partial charge is 0.377 e. The maximum absolute atomic E-state index is 12.7. The van der Waals surface area contributed by atoms with E-state index >= 15 is 0 Å². The van der Waals surface area contributed by atoms with Crippen molar-refractivity contribution in [2.45, 2.75) is 66.7 Å². The van der Waals surface area contributed by atoms with Crippen LogP contribution in [0.25, 0.3) is 0 Å². The summed E-state index contributed by atoms with van der Waals surface area (Å²) in [7, 11) is 0. The number of ether oxygens (including phenoxy) is 13. The molecule has 19 heteroatoms. The number of imide groups is 1. The molecule has 350 valence electrons. The monoisotopic (exact) mass is 865 g/mol. The van der Waals surface area contributed by atoms with E-state index in [1.54, 1.807) is 10.9 Å². The minimum absolute atomic E-state index is 0.136. The van der Waals surface area contributed by atoms with Crippen LogP contribution in [0.2, 0.25) is 0 Å². The molecular formula is C41H76N4O15. The van der Waals surface area contributed by atoms with E-state index in [9.17, 15) is 9.59 Å². The van der Waals surface area contributed by atoms with Gasteiger partial charge >= 0.3 is 0 Å². The van der Waals surface area contributed by atoms with E-state index in [1.807, 2.05) is 41.5 Å². The third-order valence-corrected chi connectivity index (χ3v) is 8.52. The Morgan fingerprint density at radius 2 is 0.817 bits per heavy atom. The molecule has 1 atom stereocenters. The zero-order valence-corrected chi connectivity index (χ0v) is 37.4. The van der Waals surface area contributed by atoms with Gasteiger partial charge in [-0.05, 0) is 26.2 Å². The summed E-state index contributed by atoms with van der Waals surface area (Å²) in [5.74, 6) is -0.616. The average Bonchev–Trinajstić information content (AvgIpc) is 3.77. The molecule has 0 spiro atoms. The van der Waals surface area contributed by atoms with E-state index in [0.717, 1.165) is 0 Å². The van der Waals surface area contributed by atoms with Crippen molar-refractivity contribution in [3.63, 3.8) is 0 Å². The lowest BCUT2D eigenvalue weighted by Gasteiger charge is -2.24. The molecule has 0 aliphatic carbocycles. The first-order chi connectivity index (χ1) is 29.0. The topological polar surface area (TPSA) is 188 Å². The molecule has 2 rings (SSSR count). The second-order valence-corrected chi connectivity index (χ2v) is 15.7. The van der Waals surface area contributed by atoms with Crippen molar-refractivity contribution in [3.8, 4) is 0 Å². The number of likely N-dealkylation sites (tertiary alicyclic amines) is 1. The number of nitrogens with zero attached hydrogens (tertiary/aromatic N) is 4. The SMILES string of the molecule is CC(C)(C)OCCOCCOCCOCCOCCOCCOCCOCCOCCOCCOCCOCCOCCn1cc(CN2C(=O)CC(C(C)(C)C)C2=O)nn1. The predicted octanol–water partition coefficient (Wildman–Crippen LogP) is 2.21. The zero-order chi connectivity index (χ0) is 43.6. The van der Waals surface area contributed by atoms with Gasteiger partial charge in [0, 0.05) is 6.42 Å². The van der Waals surface area contributed by atoms with Crippen molar-refractivity contribution in [2.24, 2.45) is 11.3 Å². The van der Waals surface area contributed by atoms with Gasteiger partial charge in [0.05, 0.1) is 196 Å². The number of hydrogen-bond donors (Lipinski definition) is 0. The van der Waals surface area contributed by atoms with Crippen LogP contribution in [-0.4, -0.2) is 202 Å². The first kappa shape index (κ1) is 53.9. The maximum atomic E-state index is 12.7. The Kier molecular flexibility index (Phi) is 30.8. The first-order valence-corrected chi connectivity index (χ1v) is 21.3. The van der Waals surface area contributed by atoms with Crippen molar-refractivity contribution in [1.29, 1.82) is 0 Å². The standard InChI is InChI=1S/C41H76N4O15/c1-40(2,3)37-33-38(46)45(39(37)47)35-36-34-44(43-42-36)7-8-48-9-10-49-11-12-50-13-14-51-15-16-52-17-18-53-19-20-54-21-22-55-23-24-56-25-26-57-27-28-58-29-30-59-31-32-60-41(4,5)6/h34,37H,7-33,35H2,1-6H3. The van der Waals surface area contributed by atoms with E-state index in [0.29, 0.717) is 177 Å². The third kappa shape index (κ3) is 29.1. The Labute approximate surface area is 357 Å². The molecule has 1 aliphatic rings. The van der Waals surface area contributed by atoms with E-state index in [4.69, 9.17) is 61.6 Å². The number of amides is 2. The number of carbonyl (C=O) groups is 2. The molecule has 60 heavy (non-hydrogen) atoms. The third-order valence-electron chi connectivity index (χ3n) is 8.52. The smallest absolute Gasteiger partial charge is 0.233 e. The van der Waals surface area contributed by atoms with Gasteiger partial charge in [-0.25, -0.2) is 4.68 Å². The molecular weight excluding hydrogens is 788 g/mol. The van der Waals surface area contributed by atoms with Crippen LogP contribution < -0.4 is 0 Å². The van der Waals surface area contributed by atoms with E-state index in [2.05, 4.69) is 10.3 Å². The van der Waals surface area contributed by atoms with Gasteiger partial charge < -0.3 is 61.6 Å². The lowest BCUT2D eigenvalue weighted by atomic mass is 9.80. The van der Waals surface area contributed by atoms with Crippen LogP contribution in [0.5, 0.6) is 0 Å². The van der Waals surface area contributed by atoms with Crippen LogP contribution >= 0.6 is 0 Å². The lowest BCUT2D eigenvalue weighted by molar-refractivity contribution is -0.141. The molecule has 1 fully saturated rings. The van der Waals surface area contributed by atoms with Gasteiger partial charge in [-0.3, -0.25) is 14.5 Å². The Morgan fingerprint density at radius 1 is 0.500 bits per heavy atom. The fourth-order valence-electron chi connectivity index (χ4n) is 5.29. The van der Waals surface area contributed by atoms with Crippen LogP contribution in [0.3, 0.4) is 0 Å². The van der Waals surface area contributed by atoms with Gasteiger partial charge in [0.25, 0.3) is 0 Å². The van der Waals surface area contributed by atoms with Crippen LogP contribution in [0, 0.1) is 11.3 Å². The van der Waals surface area contributed by atoms with Gasteiger partial charge in [0.1, 0.15) is 5.69 Å². The molecule has 0 N–H and O–H groups in total. The highest BCUT2D eigenvalue weighted by Gasteiger charge is 2.44. The summed E-state index contributed by atoms with van der Waals surface area (Å²) in [6.45, 7) is 24.9. The summed E-state index contributed by atoms with van der Waals surface area (Å²) in [6.07, 6.45) is 1.97. The summed E-state index contributed by atoms with van der Waals surface area (Å²) in [5.41, 5.74) is 0.165. The van der Waals surface area contributed by atoms with E-state index < -0.39 is 0 Å². The predicted molar refractivity (Wildman–Crippen MR) is 219 cm³/mol. The molecule has 1 aliphatic heterocycles. The Bertz CT molecular complexity index is 1200. The van der Waals surface area contributed by atoms with Gasteiger partial charge in [-0.2, -0.15) is 0 Å². The molecule has 1 unspecified atom stereocenters. The second kappa shape index (κ2) is 34.3. The molecule has 2 amide bonds. The fraction of sp³-hybridized carbons (Fsp3) is 0.902. The summed E-state index contributed by atoms with van der Waals surface area (Å²) in [5, 5.41) is 8.18. The minimum Gasteiger partial charge on any atom is -0.377 e. The van der Waals surface area contributed by atoms with Crippen molar-refractivity contribution >= 4 is 11.8 Å². The molecule has 0 saturated carbocycles. The van der Waals surface area contributed by atoms with Crippen molar-refractivity contribution < 1.29 is 71.2 Å². The summed E-state index contributed by atoms with van der Waals surface area (Å²) >= 11 is 0. The van der Waals surface area contributed by atoms with Crippen molar-refractivity contribution in [2.75, 3.05) is 165 Å². The summed E-state index contributed by atoms with van der Waals surface area (Å²) in [6, 6.07) is 0. The molecule has 1 saturated heterocycles. The van der Waals surface area contributed by atoms with Gasteiger partial charge in [0.15, 0.2) is 0 Å². The number of aromatic nitrogens is 3. The van der Waals surface area contributed by atoms with Crippen molar-refractivity contribution in [3.05, 3.63) is 11.9 Å². The van der Waals surface area contributed by atoms with Gasteiger partial charge in [-0.1, -0.05) is 26.0 Å². The molecule has 1 aromatic rings. The highest BCUT2D eigenvalue weighted by atomic mass is 16.6. The van der Waals surface area contributed by atoms with Crippen LogP contribution in [0.15, 0.2) is 6.20 Å². The Hall–Kier alpha value is -2.24. The summed E-state index contributed by atoms with van der Waals surface area (Å²) < 4.78 is 73.3. The highest BCUT2D eigenvalue weighted by Crippen LogP contribution is 2.35. The van der Waals surface area contributed by atoms with Crippen molar-refractivity contribution in [1.82, 2.24) is 19.9 Å². The van der Waals surface area contributed by atoms with E-state index in [-0.39, 0.29) is 41.7 Å². The highest BCUT2D eigenvalue weighted by molar-refractivity contribution is 6.03. The molecule has 0 radical (unpaired) electrons. The van der Waals surface area contributed by atoms with Crippen LogP contribution in [0.1, 0.15) is 53.7 Å². The average molecular weight is 865 g/mol. The van der Waals surface area contributed by atoms with Crippen LogP contribution in [-0.2, 0) is 84.3 Å². The Balaban J connectivity index is 1.19. The second-order valence-electron chi connectivity index (χ2n) is 15.7. The number of rotatable bonds is 41.